The SMILES string of the molecule is CC(CN)N(C)C(=O)C1CCCN(Cc2ccccc2)C1.Cl.Cl. The van der Waals surface area contributed by atoms with Crippen LogP contribution in [-0.2, 0) is 11.3 Å². The van der Waals surface area contributed by atoms with E-state index in [-0.39, 0.29) is 42.7 Å². The number of amides is 1. The minimum absolute atomic E-state index is 0. The number of nitrogens with two attached hydrogens (primary N) is 1. The molecule has 1 aromatic rings. The van der Waals surface area contributed by atoms with Crippen molar-refractivity contribution in [2.24, 2.45) is 11.7 Å². The topological polar surface area (TPSA) is 49.6 Å². The van der Waals surface area contributed by atoms with Crippen LogP contribution < -0.4 is 5.73 Å². The first-order valence-electron chi connectivity index (χ1n) is 7.85. The zero-order chi connectivity index (χ0) is 15.2. The second-order valence-corrected chi connectivity index (χ2v) is 6.09. The van der Waals surface area contributed by atoms with Crippen LogP contribution >= 0.6 is 24.8 Å². The number of piperidine rings is 1. The van der Waals surface area contributed by atoms with E-state index in [1.54, 1.807) is 0 Å². The Kier molecular flexibility index (Phi) is 10.5. The summed E-state index contributed by atoms with van der Waals surface area (Å²) in [6.07, 6.45) is 2.08. The van der Waals surface area contributed by atoms with Gasteiger partial charge in [-0.1, -0.05) is 30.3 Å². The zero-order valence-corrected chi connectivity index (χ0v) is 15.6. The predicted octanol–water partition coefficient (Wildman–Crippen LogP) is 2.55. The smallest absolute Gasteiger partial charge is 0.227 e. The molecule has 0 saturated carbocycles. The lowest BCUT2D eigenvalue weighted by Crippen LogP contribution is -2.47. The van der Waals surface area contributed by atoms with Crippen molar-refractivity contribution in [1.29, 1.82) is 0 Å². The molecule has 0 spiro atoms. The molecular weight excluding hydrogens is 333 g/mol. The van der Waals surface area contributed by atoms with Gasteiger partial charge in [0, 0.05) is 32.7 Å². The summed E-state index contributed by atoms with van der Waals surface area (Å²) in [6, 6.07) is 10.6. The second kappa shape index (κ2) is 10.9. The number of benzene rings is 1. The highest BCUT2D eigenvalue weighted by molar-refractivity contribution is 5.85. The Morgan fingerprint density at radius 3 is 2.61 bits per heavy atom. The van der Waals surface area contributed by atoms with Gasteiger partial charge in [0.25, 0.3) is 0 Å². The monoisotopic (exact) mass is 361 g/mol. The van der Waals surface area contributed by atoms with Crippen LogP contribution in [0.2, 0.25) is 0 Å². The molecule has 6 heteroatoms. The highest BCUT2D eigenvalue weighted by Crippen LogP contribution is 2.21. The standard InChI is InChI=1S/C17H27N3O.2ClH/c1-14(11-18)19(2)17(21)16-9-6-10-20(13-16)12-15-7-4-3-5-8-15;;/h3-5,7-8,14,16H,6,9-13,18H2,1-2H3;2*1H. The summed E-state index contributed by atoms with van der Waals surface area (Å²) >= 11 is 0. The number of halogens is 2. The number of likely N-dealkylation sites (N-methyl/N-ethyl adjacent to an activating group) is 1. The molecule has 1 amide bonds. The van der Waals surface area contributed by atoms with Gasteiger partial charge in [-0.2, -0.15) is 0 Å². The van der Waals surface area contributed by atoms with Crippen molar-refractivity contribution in [2.45, 2.75) is 32.4 Å². The molecule has 1 aliphatic rings. The van der Waals surface area contributed by atoms with E-state index in [4.69, 9.17) is 5.73 Å². The lowest BCUT2D eigenvalue weighted by molar-refractivity contribution is -0.137. The van der Waals surface area contributed by atoms with Crippen LogP contribution in [0.25, 0.3) is 0 Å². The maximum Gasteiger partial charge on any atom is 0.227 e. The fourth-order valence-electron chi connectivity index (χ4n) is 2.91. The number of hydrogen-bond acceptors (Lipinski definition) is 3. The zero-order valence-electron chi connectivity index (χ0n) is 14.0. The van der Waals surface area contributed by atoms with E-state index in [1.165, 1.54) is 5.56 Å². The number of nitrogens with zero attached hydrogens (tertiary/aromatic N) is 2. The minimum Gasteiger partial charge on any atom is -0.342 e. The number of carbonyl (C=O) groups excluding carboxylic acids is 1. The molecule has 1 heterocycles. The Morgan fingerprint density at radius 2 is 2.00 bits per heavy atom. The van der Waals surface area contributed by atoms with Crippen molar-refractivity contribution in [3.63, 3.8) is 0 Å². The molecule has 2 rings (SSSR count). The Labute approximate surface area is 152 Å². The van der Waals surface area contributed by atoms with Crippen molar-refractivity contribution >= 4 is 30.7 Å². The fraction of sp³-hybridized carbons (Fsp3) is 0.588. The molecule has 2 unspecified atom stereocenters. The van der Waals surface area contributed by atoms with E-state index in [0.29, 0.717) is 6.54 Å². The van der Waals surface area contributed by atoms with Gasteiger partial charge in [-0.05, 0) is 31.9 Å². The highest BCUT2D eigenvalue weighted by atomic mass is 35.5. The third-order valence-corrected chi connectivity index (χ3v) is 4.45. The van der Waals surface area contributed by atoms with E-state index in [9.17, 15) is 4.79 Å². The Hall–Kier alpha value is -0.810. The van der Waals surface area contributed by atoms with Gasteiger partial charge in [0.2, 0.25) is 5.91 Å². The lowest BCUT2D eigenvalue weighted by atomic mass is 9.95. The summed E-state index contributed by atoms with van der Waals surface area (Å²) in [5.41, 5.74) is 6.98. The van der Waals surface area contributed by atoms with Crippen LogP contribution in [0.3, 0.4) is 0 Å². The molecule has 0 aromatic heterocycles. The quantitative estimate of drug-likeness (QED) is 0.876. The molecule has 0 aliphatic carbocycles. The molecule has 1 aliphatic heterocycles. The number of carbonyl (C=O) groups is 1. The molecule has 2 N–H and O–H groups in total. The number of rotatable bonds is 5. The molecule has 1 aromatic carbocycles. The normalized spacial score (nSPS) is 19.2. The average molecular weight is 362 g/mol. The van der Waals surface area contributed by atoms with Gasteiger partial charge in [0.15, 0.2) is 0 Å². The van der Waals surface area contributed by atoms with Gasteiger partial charge in [0.05, 0.1) is 5.92 Å². The molecule has 2 atom stereocenters. The summed E-state index contributed by atoms with van der Waals surface area (Å²) in [7, 11) is 1.87. The largest absolute Gasteiger partial charge is 0.342 e. The third-order valence-electron chi connectivity index (χ3n) is 4.45. The molecule has 0 bridgehead atoms. The summed E-state index contributed by atoms with van der Waals surface area (Å²) in [6.45, 7) is 5.39. The highest BCUT2D eigenvalue weighted by Gasteiger charge is 2.29. The van der Waals surface area contributed by atoms with Crippen molar-refractivity contribution in [2.75, 3.05) is 26.7 Å². The van der Waals surface area contributed by atoms with Crippen molar-refractivity contribution < 1.29 is 4.79 Å². The van der Waals surface area contributed by atoms with Crippen LogP contribution in [0, 0.1) is 5.92 Å². The van der Waals surface area contributed by atoms with Crippen LogP contribution in [0.15, 0.2) is 30.3 Å². The molecule has 0 radical (unpaired) electrons. The van der Waals surface area contributed by atoms with E-state index in [0.717, 1.165) is 32.5 Å². The van der Waals surface area contributed by atoms with Gasteiger partial charge in [-0.25, -0.2) is 0 Å². The van der Waals surface area contributed by atoms with E-state index < -0.39 is 0 Å². The molecule has 132 valence electrons. The summed E-state index contributed by atoms with van der Waals surface area (Å²) in [5.74, 6) is 0.354. The second-order valence-electron chi connectivity index (χ2n) is 6.09. The van der Waals surface area contributed by atoms with Gasteiger partial charge in [-0.15, -0.1) is 24.8 Å². The van der Waals surface area contributed by atoms with Gasteiger partial charge in [-0.3, -0.25) is 9.69 Å². The van der Waals surface area contributed by atoms with Crippen LogP contribution in [-0.4, -0.2) is 48.4 Å². The van der Waals surface area contributed by atoms with E-state index in [2.05, 4.69) is 29.2 Å². The Bertz CT molecular complexity index is 458. The Morgan fingerprint density at radius 1 is 1.35 bits per heavy atom. The molecule has 23 heavy (non-hydrogen) atoms. The molecule has 1 saturated heterocycles. The first-order valence-corrected chi connectivity index (χ1v) is 7.85. The maximum absolute atomic E-state index is 12.5. The van der Waals surface area contributed by atoms with Crippen molar-refractivity contribution in [3.05, 3.63) is 35.9 Å². The van der Waals surface area contributed by atoms with Crippen LogP contribution in [0.5, 0.6) is 0 Å². The fourth-order valence-corrected chi connectivity index (χ4v) is 2.91. The maximum atomic E-state index is 12.5. The van der Waals surface area contributed by atoms with Crippen LogP contribution in [0.4, 0.5) is 0 Å². The average Bonchev–Trinajstić information content (AvgIpc) is 2.54. The first-order chi connectivity index (χ1) is 10.1. The number of likely N-dealkylation sites (tertiary alicyclic amines) is 1. The predicted molar refractivity (Wildman–Crippen MR) is 100 cm³/mol. The minimum atomic E-state index is 0. The van der Waals surface area contributed by atoms with Gasteiger partial charge < -0.3 is 10.6 Å². The number of hydrogen-bond donors (Lipinski definition) is 1. The van der Waals surface area contributed by atoms with Crippen LogP contribution in [0.1, 0.15) is 25.3 Å². The molecular formula is C17H29Cl2N3O. The van der Waals surface area contributed by atoms with Crippen molar-refractivity contribution in [3.8, 4) is 0 Å². The van der Waals surface area contributed by atoms with E-state index >= 15 is 0 Å². The molecule has 1 fully saturated rings. The Balaban J connectivity index is 0.00000242. The summed E-state index contributed by atoms with van der Waals surface area (Å²) in [4.78, 5) is 16.7. The van der Waals surface area contributed by atoms with Crippen molar-refractivity contribution in [1.82, 2.24) is 9.80 Å². The third kappa shape index (κ3) is 6.30. The van der Waals surface area contributed by atoms with E-state index in [1.807, 2.05) is 24.9 Å². The molecule has 4 nitrogen and oxygen atoms in total. The lowest BCUT2D eigenvalue weighted by Gasteiger charge is -2.35. The summed E-state index contributed by atoms with van der Waals surface area (Å²) < 4.78 is 0. The van der Waals surface area contributed by atoms with Gasteiger partial charge in [0.1, 0.15) is 0 Å². The summed E-state index contributed by atoms with van der Waals surface area (Å²) in [5, 5.41) is 0. The first kappa shape index (κ1) is 22.2. The van der Waals surface area contributed by atoms with Gasteiger partial charge >= 0.3 is 0 Å².